The quantitative estimate of drug-likeness (QED) is 0.610. The van der Waals surface area contributed by atoms with Crippen LogP contribution >= 0.6 is 11.6 Å². The molecule has 142 valence electrons. The summed E-state index contributed by atoms with van der Waals surface area (Å²) in [6.07, 6.45) is 3.02. The van der Waals surface area contributed by atoms with Gasteiger partial charge in [0, 0.05) is 17.3 Å². The predicted molar refractivity (Wildman–Crippen MR) is 104 cm³/mol. The summed E-state index contributed by atoms with van der Waals surface area (Å²) in [6.45, 7) is 6.28. The number of hydrogen-bond acceptors (Lipinski definition) is 4. The van der Waals surface area contributed by atoms with E-state index in [2.05, 4.69) is 14.5 Å². The summed E-state index contributed by atoms with van der Waals surface area (Å²) < 4.78 is 43.1. The highest BCUT2D eigenvalue weighted by Crippen LogP contribution is 2.27. The van der Waals surface area contributed by atoms with Crippen LogP contribution < -0.4 is 0 Å². The molecule has 0 saturated heterocycles. The lowest BCUT2D eigenvalue weighted by molar-refractivity contribution is 0.562. The molecule has 27 heavy (non-hydrogen) atoms. The topological polar surface area (TPSA) is 76.7 Å². The van der Waals surface area contributed by atoms with Gasteiger partial charge in [-0.15, -0.1) is 0 Å². The van der Waals surface area contributed by atoms with E-state index in [0.717, 1.165) is 0 Å². The van der Waals surface area contributed by atoms with Crippen molar-refractivity contribution in [2.45, 2.75) is 32.4 Å². The van der Waals surface area contributed by atoms with Gasteiger partial charge < -0.3 is 0 Å². The van der Waals surface area contributed by atoms with Gasteiger partial charge in [-0.3, -0.25) is 0 Å². The summed E-state index contributed by atoms with van der Waals surface area (Å²) in [6, 6.07) is 5.87. The molecule has 0 amide bonds. The fraction of sp³-hybridized carbons (Fsp3) is 0.278. The van der Waals surface area contributed by atoms with Crippen molar-refractivity contribution in [3.05, 3.63) is 53.1 Å². The van der Waals surface area contributed by atoms with Crippen LogP contribution in [0.5, 0.6) is 0 Å². The molecule has 0 aliphatic rings. The van der Waals surface area contributed by atoms with E-state index in [1.165, 1.54) is 22.8 Å². The molecule has 0 saturated carbocycles. The maximum Gasteiger partial charge on any atom is 0.258 e. The third kappa shape index (κ3) is 3.72. The molecule has 6 nitrogen and oxygen atoms in total. The number of hydrogen-bond donors (Lipinski definition) is 0. The molecule has 9 heteroatoms. The first-order valence-electron chi connectivity index (χ1n) is 8.11. The van der Waals surface area contributed by atoms with Crippen LogP contribution in [0.15, 0.2) is 41.1 Å². The molecule has 0 radical (unpaired) electrons. The Kier molecular flexibility index (Phi) is 4.81. The van der Waals surface area contributed by atoms with Crippen LogP contribution in [0, 0.1) is 5.82 Å². The number of sulfonamides is 1. The van der Waals surface area contributed by atoms with Crippen molar-refractivity contribution in [3.8, 4) is 11.3 Å². The maximum atomic E-state index is 13.7. The molecule has 0 fully saturated rings. The highest BCUT2D eigenvalue weighted by atomic mass is 35.5. The van der Waals surface area contributed by atoms with Gasteiger partial charge in [0.05, 0.1) is 22.3 Å². The third-order valence-corrected chi connectivity index (χ3v) is 6.30. The first-order valence-corrected chi connectivity index (χ1v) is 9.93. The first-order chi connectivity index (χ1) is 12.5. The molecule has 0 bridgehead atoms. The van der Waals surface area contributed by atoms with E-state index in [0.29, 0.717) is 27.5 Å². The van der Waals surface area contributed by atoms with Crippen molar-refractivity contribution in [1.82, 2.24) is 14.6 Å². The summed E-state index contributed by atoms with van der Waals surface area (Å²) in [5, 5.41) is 4.43. The Morgan fingerprint density at radius 3 is 2.63 bits per heavy atom. The lowest BCUT2D eigenvalue weighted by Gasteiger charge is -2.16. The average molecular weight is 409 g/mol. The van der Waals surface area contributed by atoms with Crippen LogP contribution in [0.1, 0.15) is 33.3 Å². The van der Waals surface area contributed by atoms with E-state index in [4.69, 9.17) is 11.6 Å². The van der Waals surface area contributed by atoms with Gasteiger partial charge in [0.15, 0.2) is 5.65 Å². The smallest absolute Gasteiger partial charge is 0.226 e. The second kappa shape index (κ2) is 6.69. The summed E-state index contributed by atoms with van der Waals surface area (Å²) in [4.78, 5) is 4.49. The summed E-state index contributed by atoms with van der Waals surface area (Å²) in [5.74, 6) is -0.434. The molecule has 0 aliphatic heterocycles. The van der Waals surface area contributed by atoms with Gasteiger partial charge in [-0.25, -0.2) is 22.3 Å². The second-order valence-electron chi connectivity index (χ2n) is 7.04. The van der Waals surface area contributed by atoms with Crippen molar-refractivity contribution < 1.29 is 12.8 Å². The SMILES string of the molecule is C/C(=N\S(=O)(=O)C(C)(C)C)c1cn2ncc(Cl)c2nc1-c1cccc(F)c1. The van der Waals surface area contributed by atoms with Crippen LogP contribution in [-0.4, -0.2) is 33.5 Å². The second-order valence-corrected chi connectivity index (χ2v) is 9.80. The zero-order valence-corrected chi connectivity index (χ0v) is 16.8. The monoisotopic (exact) mass is 408 g/mol. The Morgan fingerprint density at radius 1 is 1.30 bits per heavy atom. The Morgan fingerprint density at radius 2 is 2.00 bits per heavy atom. The Hall–Kier alpha value is -2.32. The minimum atomic E-state index is -3.77. The summed E-state index contributed by atoms with van der Waals surface area (Å²) in [5.41, 5.74) is 1.87. The zero-order chi connectivity index (χ0) is 20.0. The van der Waals surface area contributed by atoms with Crippen LogP contribution in [0.25, 0.3) is 16.9 Å². The Bertz CT molecular complexity index is 1160. The van der Waals surface area contributed by atoms with Crippen molar-refractivity contribution >= 4 is 33.0 Å². The van der Waals surface area contributed by atoms with Crippen molar-refractivity contribution in [3.63, 3.8) is 0 Å². The number of nitrogens with zero attached hydrogens (tertiary/aromatic N) is 4. The number of halogens is 2. The number of benzene rings is 1. The Balaban J connectivity index is 2.30. The highest BCUT2D eigenvalue weighted by molar-refractivity contribution is 7.91. The van der Waals surface area contributed by atoms with Gasteiger partial charge in [-0.1, -0.05) is 23.7 Å². The fourth-order valence-corrected chi connectivity index (χ4v) is 3.28. The van der Waals surface area contributed by atoms with Gasteiger partial charge in [0.2, 0.25) is 0 Å². The molecular formula is C18H18ClFN4O2S. The lowest BCUT2D eigenvalue weighted by Crippen LogP contribution is -2.26. The number of aromatic nitrogens is 3. The molecule has 3 aromatic rings. The van der Waals surface area contributed by atoms with Crippen molar-refractivity contribution in [2.75, 3.05) is 0 Å². The standard InChI is InChI=1S/C18H18ClFN4O2S/c1-11(23-27(25,26)18(2,3)4)14-10-24-17(15(19)9-21-24)22-16(14)12-6-5-7-13(20)8-12/h5-10H,1-4H3/b23-11+. The van der Waals surface area contributed by atoms with Gasteiger partial charge in [-0.2, -0.15) is 9.50 Å². The Labute approximate surface area is 161 Å². The lowest BCUT2D eigenvalue weighted by atomic mass is 10.0. The van der Waals surface area contributed by atoms with Crippen LogP contribution in [0.4, 0.5) is 4.39 Å². The van der Waals surface area contributed by atoms with Gasteiger partial charge in [0.1, 0.15) is 10.8 Å². The third-order valence-electron chi connectivity index (χ3n) is 3.97. The molecule has 2 heterocycles. The van der Waals surface area contributed by atoms with E-state index in [9.17, 15) is 12.8 Å². The molecule has 3 rings (SSSR count). The molecular weight excluding hydrogens is 391 g/mol. The summed E-state index contributed by atoms with van der Waals surface area (Å²) in [7, 11) is -3.77. The zero-order valence-electron chi connectivity index (χ0n) is 15.2. The minimum Gasteiger partial charge on any atom is -0.226 e. The number of rotatable bonds is 3. The minimum absolute atomic E-state index is 0.227. The van der Waals surface area contributed by atoms with E-state index < -0.39 is 20.6 Å². The molecule has 0 spiro atoms. The van der Waals surface area contributed by atoms with Crippen LogP contribution in [0.2, 0.25) is 5.02 Å². The molecule has 1 aromatic carbocycles. The maximum absolute atomic E-state index is 13.7. The average Bonchev–Trinajstić information content (AvgIpc) is 2.93. The fourth-order valence-electron chi connectivity index (χ4n) is 2.37. The van der Waals surface area contributed by atoms with E-state index in [-0.39, 0.29) is 5.71 Å². The van der Waals surface area contributed by atoms with Gasteiger partial charge in [0.25, 0.3) is 10.0 Å². The van der Waals surface area contributed by atoms with E-state index in [1.807, 2.05) is 0 Å². The van der Waals surface area contributed by atoms with Crippen molar-refractivity contribution in [2.24, 2.45) is 4.40 Å². The van der Waals surface area contributed by atoms with Gasteiger partial charge >= 0.3 is 0 Å². The largest absolute Gasteiger partial charge is 0.258 e. The highest BCUT2D eigenvalue weighted by Gasteiger charge is 2.29. The molecule has 0 N–H and O–H groups in total. The molecule has 2 aromatic heterocycles. The molecule has 0 unspecified atom stereocenters. The summed E-state index contributed by atoms with van der Waals surface area (Å²) >= 11 is 6.12. The van der Waals surface area contributed by atoms with Crippen LogP contribution in [0.3, 0.4) is 0 Å². The van der Waals surface area contributed by atoms with E-state index in [1.54, 1.807) is 46.0 Å². The predicted octanol–water partition coefficient (Wildman–Crippen LogP) is 4.13. The van der Waals surface area contributed by atoms with Gasteiger partial charge in [-0.05, 0) is 39.8 Å². The van der Waals surface area contributed by atoms with E-state index >= 15 is 0 Å². The molecule has 0 atom stereocenters. The molecule has 0 aliphatic carbocycles. The first kappa shape index (κ1) is 19.4. The number of fused-ring (bicyclic) bond motifs is 1. The normalized spacial score (nSPS) is 13.3. The van der Waals surface area contributed by atoms with Crippen LogP contribution in [-0.2, 0) is 10.0 Å². The van der Waals surface area contributed by atoms with Crippen molar-refractivity contribution in [1.29, 1.82) is 0 Å².